The number of carbonyl (C=O) groups is 1. The third-order valence-electron chi connectivity index (χ3n) is 2.52. The number of methoxy groups -OCH3 is 2. The van der Waals surface area contributed by atoms with Crippen molar-refractivity contribution < 1.29 is 14.3 Å². The fourth-order valence-electron chi connectivity index (χ4n) is 1.54. The fourth-order valence-corrected chi connectivity index (χ4v) is 1.54. The minimum absolute atomic E-state index is 0.0192. The van der Waals surface area contributed by atoms with Gasteiger partial charge in [0.1, 0.15) is 11.5 Å². The molecule has 0 unspecified atom stereocenters. The summed E-state index contributed by atoms with van der Waals surface area (Å²) < 4.78 is 10.4. The number of hydrogen-bond acceptors (Lipinski definition) is 4. The van der Waals surface area contributed by atoms with E-state index < -0.39 is 0 Å². The molecule has 5 heteroatoms. The van der Waals surface area contributed by atoms with Crippen LogP contribution in [0.2, 0.25) is 0 Å². The van der Waals surface area contributed by atoms with Gasteiger partial charge in [-0.05, 0) is 12.1 Å². The van der Waals surface area contributed by atoms with Crippen LogP contribution >= 0.6 is 0 Å². The molecule has 5 nitrogen and oxygen atoms in total. The molecule has 0 aliphatic carbocycles. The number of rotatable bonds is 8. The summed E-state index contributed by atoms with van der Waals surface area (Å²) in [5.74, 6) is 1.43. The summed E-state index contributed by atoms with van der Waals surface area (Å²) in [7, 11) is 3.21. The van der Waals surface area contributed by atoms with Gasteiger partial charge >= 0.3 is 0 Å². The van der Waals surface area contributed by atoms with Gasteiger partial charge in [-0.25, -0.2) is 0 Å². The van der Waals surface area contributed by atoms with Gasteiger partial charge in [-0.3, -0.25) is 4.79 Å². The van der Waals surface area contributed by atoms with E-state index in [9.17, 15) is 4.79 Å². The molecule has 0 saturated heterocycles. The van der Waals surface area contributed by atoms with Crippen molar-refractivity contribution in [1.29, 1.82) is 0 Å². The SMILES string of the molecule is C=CCNC(=O)CCNc1cc(OC)ccc1OC. The molecule has 1 rings (SSSR count). The molecular formula is C14H20N2O3. The molecule has 1 aromatic carbocycles. The molecule has 1 amide bonds. The Labute approximate surface area is 113 Å². The van der Waals surface area contributed by atoms with E-state index in [4.69, 9.17) is 9.47 Å². The van der Waals surface area contributed by atoms with Crippen LogP contribution in [0, 0.1) is 0 Å². The lowest BCUT2D eigenvalue weighted by Gasteiger charge is -2.12. The molecular weight excluding hydrogens is 244 g/mol. The van der Waals surface area contributed by atoms with Crippen LogP contribution in [-0.2, 0) is 4.79 Å². The van der Waals surface area contributed by atoms with E-state index in [1.807, 2.05) is 18.2 Å². The Bertz CT molecular complexity index is 433. The Kier molecular flexibility index (Phi) is 6.29. The third-order valence-corrected chi connectivity index (χ3v) is 2.52. The van der Waals surface area contributed by atoms with E-state index in [1.165, 1.54) is 0 Å². The van der Waals surface area contributed by atoms with Crippen LogP contribution in [-0.4, -0.2) is 33.2 Å². The predicted octanol–water partition coefficient (Wildman–Crippen LogP) is 1.81. The van der Waals surface area contributed by atoms with Crippen molar-refractivity contribution in [1.82, 2.24) is 5.32 Å². The Balaban J connectivity index is 2.51. The van der Waals surface area contributed by atoms with E-state index in [-0.39, 0.29) is 5.91 Å². The molecule has 0 aliphatic rings. The number of nitrogens with one attached hydrogen (secondary N) is 2. The quantitative estimate of drug-likeness (QED) is 0.703. The van der Waals surface area contributed by atoms with Crippen LogP contribution < -0.4 is 20.1 Å². The summed E-state index contributed by atoms with van der Waals surface area (Å²) in [6.45, 7) is 4.55. The highest BCUT2D eigenvalue weighted by molar-refractivity contribution is 5.76. The zero-order chi connectivity index (χ0) is 14.1. The van der Waals surface area contributed by atoms with E-state index in [0.717, 1.165) is 11.4 Å². The summed E-state index contributed by atoms with van der Waals surface area (Å²) in [4.78, 5) is 11.4. The first kappa shape index (κ1) is 14.9. The molecule has 2 N–H and O–H groups in total. The number of anilines is 1. The van der Waals surface area contributed by atoms with Crippen molar-refractivity contribution in [3.63, 3.8) is 0 Å². The molecule has 0 heterocycles. The molecule has 0 aromatic heterocycles. The van der Waals surface area contributed by atoms with Gasteiger partial charge < -0.3 is 20.1 Å². The van der Waals surface area contributed by atoms with Crippen LogP contribution in [0.5, 0.6) is 11.5 Å². The molecule has 19 heavy (non-hydrogen) atoms. The fraction of sp³-hybridized carbons (Fsp3) is 0.357. The summed E-state index contributed by atoms with van der Waals surface area (Å²) in [6, 6.07) is 5.47. The van der Waals surface area contributed by atoms with E-state index >= 15 is 0 Å². The molecule has 1 aromatic rings. The smallest absolute Gasteiger partial charge is 0.222 e. The second-order valence-electron chi connectivity index (χ2n) is 3.84. The van der Waals surface area contributed by atoms with Crippen LogP contribution in [0.1, 0.15) is 6.42 Å². The van der Waals surface area contributed by atoms with Crippen LogP contribution in [0.4, 0.5) is 5.69 Å². The third kappa shape index (κ3) is 4.91. The average molecular weight is 264 g/mol. The van der Waals surface area contributed by atoms with Crippen molar-refractivity contribution in [2.24, 2.45) is 0 Å². The number of ether oxygens (including phenoxy) is 2. The van der Waals surface area contributed by atoms with Gasteiger partial charge in [-0.1, -0.05) is 6.08 Å². The Morgan fingerprint density at radius 3 is 2.79 bits per heavy atom. The second kappa shape index (κ2) is 8.02. The Morgan fingerprint density at radius 2 is 2.16 bits per heavy atom. The van der Waals surface area contributed by atoms with Crippen molar-refractivity contribution in [3.8, 4) is 11.5 Å². The lowest BCUT2D eigenvalue weighted by molar-refractivity contribution is -0.120. The first-order valence-corrected chi connectivity index (χ1v) is 6.04. The predicted molar refractivity (Wildman–Crippen MR) is 75.9 cm³/mol. The standard InChI is InChI=1S/C14H20N2O3/c1-4-8-16-14(17)7-9-15-12-10-11(18-2)5-6-13(12)19-3/h4-6,10,15H,1,7-9H2,2-3H3,(H,16,17). The second-order valence-corrected chi connectivity index (χ2v) is 3.84. The highest BCUT2D eigenvalue weighted by atomic mass is 16.5. The number of hydrogen-bond donors (Lipinski definition) is 2. The van der Waals surface area contributed by atoms with Crippen LogP contribution in [0.25, 0.3) is 0 Å². The zero-order valence-electron chi connectivity index (χ0n) is 11.4. The molecule has 0 radical (unpaired) electrons. The maximum absolute atomic E-state index is 11.4. The van der Waals surface area contributed by atoms with Gasteiger partial charge in [0.15, 0.2) is 0 Å². The maximum atomic E-state index is 11.4. The number of benzene rings is 1. The van der Waals surface area contributed by atoms with E-state index in [2.05, 4.69) is 17.2 Å². The normalized spacial score (nSPS) is 9.58. The Morgan fingerprint density at radius 1 is 1.37 bits per heavy atom. The van der Waals surface area contributed by atoms with Crippen molar-refractivity contribution in [2.45, 2.75) is 6.42 Å². The maximum Gasteiger partial charge on any atom is 0.222 e. The molecule has 0 aliphatic heterocycles. The Hall–Kier alpha value is -2.17. The first-order chi connectivity index (χ1) is 9.21. The number of amides is 1. The molecule has 0 fully saturated rings. The van der Waals surface area contributed by atoms with E-state index in [1.54, 1.807) is 20.3 Å². The minimum Gasteiger partial charge on any atom is -0.497 e. The summed E-state index contributed by atoms with van der Waals surface area (Å²) in [6.07, 6.45) is 2.03. The molecule has 0 atom stereocenters. The lowest BCUT2D eigenvalue weighted by atomic mass is 10.2. The van der Waals surface area contributed by atoms with Gasteiger partial charge in [-0.15, -0.1) is 6.58 Å². The van der Waals surface area contributed by atoms with Crippen LogP contribution in [0.15, 0.2) is 30.9 Å². The highest BCUT2D eigenvalue weighted by Crippen LogP contribution is 2.28. The molecule has 0 saturated carbocycles. The monoisotopic (exact) mass is 264 g/mol. The van der Waals surface area contributed by atoms with Gasteiger partial charge in [-0.2, -0.15) is 0 Å². The summed E-state index contributed by atoms with van der Waals surface area (Å²) in [5.41, 5.74) is 0.804. The van der Waals surface area contributed by atoms with Crippen molar-refractivity contribution in [2.75, 3.05) is 32.6 Å². The van der Waals surface area contributed by atoms with Gasteiger partial charge in [0, 0.05) is 25.6 Å². The first-order valence-electron chi connectivity index (χ1n) is 6.04. The zero-order valence-corrected chi connectivity index (χ0v) is 11.4. The van der Waals surface area contributed by atoms with E-state index in [0.29, 0.717) is 25.3 Å². The summed E-state index contributed by atoms with van der Waals surface area (Å²) in [5, 5.41) is 5.87. The largest absolute Gasteiger partial charge is 0.497 e. The summed E-state index contributed by atoms with van der Waals surface area (Å²) >= 11 is 0. The molecule has 104 valence electrons. The van der Waals surface area contributed by atoms with Crippen LogP contribution in [0.3, 0.4) is 0 Å². The van der Waals surface area contributed by atoms with Gasteiger partial charge in [0.25, 0.3) is 0 Å². The lowest BCUT2D eigenvalue weighted by Crippen LogP contribution is -2.25. The minimum atomic E-state index is -0.0192. The molecule has 0 bridgehead atoms. The average Bonchev–Trinajstić information content (AvgIpc) is 2.44. The highest BCUT2D eigenvalue weighted by Gasteiger charge is 2.05. The van der Waals surface area contributed by atoms with Gasteiger partial charge in [0.05, 0.1) is 19.9 Å². The number of carbonyl (C=O) groups excluding carboxylic acids is 1. The van der Waals surface area contributed by atoms with Crippen molar-refractivity contribution >= 4 is 11.6 Å². The molecule has 0 spiro atoms. The van der Waals surface area contributed by atoms with Crippen molar-refractivity contribution in [3.05, 3.63) is 30.9 Å². The topological polar surface area (TPSA) is 59.6 Å². The van der Waals surface area contributed by atoms with Gasteiger partial charge in [0.2, 0.25) is 5.91 Å².